The summed E-state index contributed by atoms with van der Waals surface area (Å²) in [6, 6.07) is 4.15. The molecule has 0 fully saturated rings. The van der Waals surface area contributed by atoms with Crippen LogP contribution >= 0.6 is 10.7 Å². The van der Waals surface area contributed by atoms with Gasteiger partial charge in [-0.3, -0.25) is 19.2 Å². The van der Waals surface area contributed by atoms with E-state index in [-0.39, 0.29) is 105 Å². The van der Waals surface area contributed by atoms with Crippen molar-refractivity contribution in [2.75, 3.05) is 40.5 Å². The first kappa shape index (κ1) is 78.2. The van der Waals surface area contributed by atoms with Crippen molar-refractivity contribution in [2.45, 2.75) is 135 Å². The number of hydrogen-bond acceptors (Lipinski definition) is 19. The third-order valence-corrected chi connectivity index (χ3v) is 11.5. The number of methoxy groups -OCH3 is 2. The average Bonchev–Trinajstić information content (AvgIpc) is 3.22. The first-order valence-corrected chi connectivity index (χ1v) is 24.9. The summed E-state index contributed by atoms with van der Waals surface area (Å²) in [5.41, 5.74) is 3.94. The summed E-state index contributed by atoms with van der Waals surface area (Å²) in [6.07, 6.45) is -0.691. The molecule has 0 saturated carbocycles. The van der Waals surface area contributed by atoms with Gasteiger partial charge in [-0.2, -0.15) is 4.72 Å². The molecule has 2 rings (SSSR count). The average molecular weight is 1150 g/mol. The summed E-state index contributed by atoms with van der Waals surface area (Å²) in [7, 11) is -0.244. The second-order valence-electron chi connectivity index (χ2n) is 16.8. The van der Waals surface area contributed by atoms with Crippen molar-refractivity contribution in [3.8, 4) is 11.5 Å². The molecule has 74 heavy (non-hydrogen) atoms. The molecule has 0 saturated heterocycles. The number of carboxylic acid groups (broad SMARTS) is 2. The minimum Gasteiger partial charge on any atom is -1.00 e. The van der Waals surface area contributed by atoms with E-state index in [9.17, 15) is 45.6 Å². The minimum absolute atomic E-state index is 0. The Kier molecular flexibility index (Phi) is 40.1. The molecule has 2 aromatic rings. The Morgan fingerprint density at radius 2 is 1.04 bits per heavy atom. The van der Waals surface area contributed by atoms with E-state index in [4.69, 9.17) is 49.9 Å². The van der Waals surface area contributed by atoms with Gasteiger partial charge in [0.25, 0.3) is 15.5 Å². The summed E-state index contributed by atoms with van der Waals surface area (Å²) < 4.78 is 81.2. The summed E-state index contributed by atoms with van der Waals surface area (Å²) in [4.78, 5) is 78.3. The van der Waals surface area contributed by atoms with Crippen LogP contribution in [-0.2, 0) is 66.9 Å². The van der Waals surface area contributed by atoms with E-state index in [1.807, 2.05) is 0 Å². The molecule has 0 radical (unpaired) electrons. The molecule has 420 valence electrons. The fourth-order valence-corrected chi connectivity index (χ4v) is 8.71. The molecule has 2 aromatic carbocycles. The smallest absolute Gasteiger partial charge is 1.00 e. The van der Waals surface area contributed by atoms with E-state index in [2.05, 4.69) is 35.5 Å². The number of hydrogen-bond donors (Lipinski definition) is 6. The second kappa shape index (κ2) is 37.9. The number of esters is 2. The van der Waals surface area contributed by atoms with Crippen molar-refractivity contribution in [1.82, 2.24) is 15.4 Å². The minimum atomic E-state index is -4.19. The molecule has 0 aliphatic rings. The molecule has 0 aromatic heterocycles. The number of sulfonamides is 1. The number of rotatable bonds is 21. The van der Waals surface area contributed by atoms with Crippen molar-refractivity contribution in [3.63, 3.8) is 0 Å². The number of benzene rings is 2. The van der Waals surface area contributed by atoms with E-state index in [1.54, 1.807) is 81.4 Å². The van der Waals surface area contributed by atoms with Gasteiger partial charge >= 0.3 is 65.6 Å². The van der Waals surface area contributed by atoms with Crippen LogP contribution in [-0.4, -0.2) is 133 Å². The zero-order valence-electron chi connectivity index (χ0n) is 43.1. The molecule has 0 spiro atoms. The predicted octanol–water partition coefficient (Wildman–Crippen LogP) is -3.26. The second-order valence-corrected chi connectivity index (χ2v) is 20.9. The van der Waals surface area contributed by atoms with E-state index in [0.29, 0.717) is 46.6 Å². The molecule has 0 unspecified atom stereocenters. The van der Waals surface area contributed by atoms with Crippen molar-refractivity contribution < 1.29 is 147 Å². The summed E-state index contributed by atoms with van der Waals surface area (Å²) >= 11 is 0. The maximum Gasteiger partial charge on any atom is 1.00 e. The van der Waals surface area contributed by atoms with Crippen molar-refractivity contribution >= 4 is 72.3 Å². The van der Waals surface area contributed by atoms with Crippen LogP contribution in [0.25, 0.3) is 0 Å². The number of alkyl carbamates (subject to hydrolysis) is 2. The van der Waals surface area contributed by atoms with E-state index in [0.717, 1.165) is 7.11 Å². The number of carboxylic acids is 2. The number of halogens is 2. The van der Waals surface area contributed by atoms with Gasteiger partial charge in [-0.25, -0.2) is 31.2 Å². The van der Waals surface area contributed by atoms with Crippen LogP contribution in [0.1, 0.15) is 96.9 Å². The largest absolute Gasteiger partial charge is 1.00 e. The quantitative estimate of drug-likeness (QED) is 0.0104. The van der Waals surface area contributed by atoms with Gasteiger partial charge in [0.15, 0.2) is 0 Å². The Morgan fingerprint density at radius 3 is 1.34 bits per heavy atom. The number of aryl methyl sites for hydroxylation is 4. The van der Waals surface area contributed by atoms with Gasteiger partial charge in [-0.1, -0.05) is 7.43 Å². The summed E-state index contributed by atoms with van der Waals surface area (Å²) in [5.74, 6) is -2.26. The third kappa shape index (κ3) is 35.5. The van der Waals surface area contributed by atoms with Crippen LogP contribution in [0.2, 0.25) is 0 Å². The molecule has 30 heteroatoms. The standard InChI is InChI=1S/C21H32N2O9S.C12H15ClO5S.C9H18N2O4.CH2O3.CH4.ClH.Na/c1-13-10-15(31-9-7-8-17(24)25)11-14(2)18(13)33(28,29)23-16(19(26)30-6)12-22-20(27)32-21(3,4)5;1-8-6-10(18-5-3-4-11(14)15)7-9(2)12(8)19(13,16)17;1-9(2,3)15-8(13)11-5-6(10)7(12)14-4;2-1-4-3;;;/h10-11,16,23H,7-9,12H2,1-6H3,(H,22,27)(H,24,25);6-7H,3-5H2,1-2H3,(H,14,15);6H,5,10H2,1-4H3,(H,11,13);1,3H;1H4;1H;/q;;;;;;+1/p-1/t16-;;6-;;;;/m0.0..../s1. The summed E-state index contributed by atoms with van der Waals surface area (Å²) in [6.45, 7) is 16.6. The number of ether oxygens (including phenoxy) is 6. The molecule has 0 aliphatic heterocycles. The first-order chi connectivity index (χ1) is 32.5. The fraction of sp³-hybridized carbons (Fsp3) is 0.568. The van der Waals surface area contributed by atoms with Crippen molar-refractivity contribution in [3.05, 3.63) is 46.5 Å². The van der Waals surface area contributed by atoms with Crippen molar-refractivity contribution in [1.29, 1.82) is 0 Å². The van der Waals surface area contributed by atoms with Crippen LogP contribution in [0.4, 0.5) is 9.59 Å². The number of carbonyl (C=O) groups excluding carboxylic acids is 5. The normalized spacial score (nSPS) is 11.4. The van der Waals surface area contributed by atoms with E-state index < -0.39 is 78.4 Å². The van der Waals surface area contributed by atoms with Gasteiger partial charge in [0.05, 0.1) is 43.8 Å². The van der Waals surface area contributed by atoms with Crippen molar-refractivity contribution in [2.24, 2.45) is 0 Å². The molecular weight excluding hydrogens is 1080 g/mol. The van der Waals surface area contributed by atoms with Gasteiger partial charge in [-0.15, -0.1) is 0 Å². The van der Waals surface area contributed by atoms with E-state index in [1.165, 1.54) is 19.2 Å². The molecular formula is C44H71Cl2N4NaO21S2. The maximum atomic E-state index is 13.1. The Morgan fingerprint density at radius 1 is 0.703 bits per heavy atom. The van der Waals surface area contributed by atoms with E-state index >= 15 is 0 Å². The van der Waals surface area contributed by atoms with Crippen LogP contribution in [0, 0.1) is 27.7 Å². The molecule has 0 bridgehead atoms. The van der Waals surface area contributed by atoms with Gasteiger partial charge in [0.2, 0.25) is 16.1 Å². The Hall–Kier alpha value is -4.71. The molecule has 0 heterocycles. The topological polar surface area (TPSA) is 380 Å². The number of nitrogens with one attached hydrogen (secondary N) is 3. The number of carbonyl (C=O) groups is 7. The molecule has 0 aliphatic carbocycles. The van der Waals surface area contributed by atoms with Gasteiger partial charge in [-0.05, 0) is 129 Å². The zero-order chi connectivity index (χ0) is 55.5. The zero-order valence-corrected chi connectivity index (χ0v) is 48.3. The predicted molar refractivity (Wildman–Crippen MR) is 257 cm³/mol. The molecule has 25 nitrogen and oxygen atoms in total. The SMILES string of the molecule is C.COC(=O)[C@@H]([NH3+])CNC(=O)OC(C)(C)C.COC(=O)[C@H](CNC(=O)OC(C)(C)C)NS(=O)(=O)c1c(C)cc(OCCCC(=O)O)cc1C.Cc1cc(OCCCC(=O)O)cc(C)c1S(=O)(=O)Cl.O=CO[O-].[Cl-].[Na+]. The Balaban J connectivity index is -0.000000329. The van der Waals surface area contributed by atoms with Gasteiger partial charge in [0, 0.05) is 30.1 Å². The molecule has 2 atom stereocenters. The van der Waals surface area contributed by atoms with Gasteiger partial charge < -0.3 is 77.6 Å². The van der Waals surface area contributed by atoms with Gasteiger partial charge in [0.1, 0.15) is 28.7 Å². The number of aliphatic carboxylic acids is 2. The van der Waals surface area contributed by atoms with Crippen LogP contribution in [0.3, 0.4) is 0 Å². The number of quaternary nitrogens is 1. The third-order valence-electron chi connectivity index (χ3n) is 8.09. The summed E-state index contributed by atoms with van der Waals surface area (Å²) in [5, 5.41) is 30.4. The van der Waals surface area contributed by atoms with Crippen LogP contribution < -0.4 is 77.8 Å². The molecule has 2 amide bonds. The fourth-order valence-electron chi connectivity index (χ4n) is 5.45. The molecule has 8 N–H and O–H groups in total. The maximum absolute atomic E-state index is 13.1. The Labute approximate surface area is 465 Å². The van der Waals surface area contributed by atoms with Crippen LogP contribution in [0.5, 0.6) is 11.5 Å². The number of amides is 2. The monoisotopic (exact) mass is 1150 g/mol. The van der Waals surface area contributed by atoms with Crippen LogP contribution in [0.15, 0.2) is 34.1 Å². The first-order valence-electron chi connectivity index (χ1n) is 21.1. The Bertz CT molecular complexity index is 2280.